The predicted octanol–water partition coefficient (Wildman–Crippen LogP) is 3.34. The van der Waals surface area contributed by atoms with Gasteiger partial charge >= 0.3 is 0 Å². The smallest absolute Gasteiger partial charge is 0.223 e. The second kappa shape index (κ2) is 5.17. The SMILES string of the molecule is CC1(C)CCCC1C(=O)NCC1CCC(Cl)C1. The maximum atomic E-state index is 12.2. The minimum absolute atomic E-state index is 0.189. The van der Waals surface area contributed by atoms with Gasteiger partial charge in [0.05, 0.1) is 0 Å². The second-order valence-corrected chi connectivity index (χ2v) is 7.07. The zero-order chi connectivity index (χ0) is 12.5. The van der Waals surface area contributed by atoms with Gasteiger partial charge in [0.25, 0.3) is 0 Å². The molecule has 2 aliphatic carbocycles. The van der Waals surface area contributed by atoms with E-state index in [4.69, 9.17) is 11.6 Å². The van der Waals surface area contributed by atoms with Crippen molar-refractivity contribution in [2.45, 2.75) is 57.7 Å². The molecule has 0 saturated heterocycles. The van der Waals surface area contributed by atoms with Crippen molar-refractivity contribution in [2.24, 2.45) is 17.3 Å². The molecule has 2 fully saturated rings. The summed E-state index contributed by atoms with van der Waals surface area (Å²) < 4.78 is 0. The third-order valence-electron chi connectivity index (χ3n) is 4.62. The largest absolute Gasteiger partial charge is 0.356 e. The molecule has 0 bridgehead atoms. The Hall–Kier alpha value is -0.240. The van der Waals surface area contributed by atoms with Gasteiger partial charge in [-0.1, -0.05) is 20.3 Å². The summed E-state index contributed by atoms with van der Waals surface area (Å²) in [6.45, 7) is 5.26. The number of carbonyl (C=O) groups excluding carboxylic acids is 1. The summed E-state index contributed by atoms with van der Waals surface area (Å²) >= 11 is 6.08. The topological polar surface area (TPSA) is 29.1 Å². The summed E-state index contributed by atoms with van der Waals surface area (Å²) in [5.74, 6) is 1.09. The van der Waals surface area contributed by atoms with Crippen LogP contribution in [0.5, 0.6) is 0 Å². The third-order valence-corrected chi connectivity index (χ3v) is 5.01. The number of alkyl halides is 1. The van der Waals surface area contributed by atoms with Gasteiger partial charge in [-0.3, -0.25) is 4.79 Å². The highest BCUT2D eigenvalue weighted by Gasteiger charge is 2.39. The van der Waals surface area contributed by atoms with Crippen LogP contribution >= 0.6 is 11.6 Å². The van der Waals surface area contributed by atoms with E-state index in [1.165, 1.54) is 19.3 Å². The molecule has 3 atom stereocenters. The van der Waals surface area contributed by atoms with Gasteiger partial charge in [-0.05, 0) is 43.4 Å². The van der Waals surface area contributed by atoms with Gasteiger partial charge in [0.15, 0.2) is 0 Å². The second-order valence-electron chi connectivity index (χ2n) is 6.45. The van der Waals surface area contributed by atoms with Crippen LogP contribution in [0.3, 0.4) is 0 Å². The van der Waals surface area contributed by atoms with Gasteiger partial charge in [0.1, 0.15) is 0 Å². The number of hydrogen-bond donors (Lipinski definition) is 1. The summed E-state index contributed by atoms with van der Waals surface area (Å²) in [5, 5.41) is 3.48. The number of nitrogens with one attached hydrogen (secondary N) is 1. The van der Waals surface area contributed by atoms with E-state index in [0.29, 0.717) is 11.3 Å². The van der Waals surface area contributed by atoms with Gasteiger partial charge < -0.3 is 5.32 Å². The standard InChI is InChI=1S/C14H24ClNO/c1-14(2)7-3-4-12(14)13(17)16-9-10-5-6-11(15)8-10/h10-12H,3-9H2,1-2H3,(H,16,17). The molecule has 0 aliphatic heterocycles. The van der Waals surface area contributed by atoms with Crippen LogP contribution in [0.4, 0.5) is 0 Å². The van der Waals surface area contributed by atoms with Crippen molar-refractivity contribution in [3.05, 3.63) is 0 Å². The molecular formula is C14H24ClNO. The first kappa shape index (κ1) is 13.2. The van der Waals surface area contributed by atoms with E-state index < -0.39 is 0 Å². The zero-order valence-electron chi connectivity index (χ0n) is 11.0. The van der Waals surface area contributed by atoms with E-state index in [0.717, 1.165) is 25.8 Å². The average molecular weight is 258 g/mol. The van der Waals surface area contributed by atoms with Crippen LogP contribution in [0.1, 0.15) is 52.4 Å². The zero-order valence-corrected chi connectivity index (χ0v) is 11.7. The van der Waals surface area contributed by atoms with E-state index in [1.54, 1.807) is 0 Å². The Labute approximate surface area is 109 Å². The highest BCUT2D eigenvalue weighted by Crippen LogP contribution is 2.42. The fraction of sp³-hybridized carbons (Fsp3) is 0.929. The molecule has 0 aromatic rings. The summed E-state index contributed by atoms with van der Waals surface area (Å²) in [6.07, 6.45) is 6.77. The van der Waals surface area contributed by atoms with Crippen molar-refractivity contribution in [3.63, 3.8) is 0 Å². The molecule has 3 unspecified atom stereocenters. The van der Waals surface area contributed by atoms with Crippen LogP contribution < -0.4 is 5.32 Å². The number of hydrogen-bond acceptors (Lipinski definition) is 1. The van der Waals surface area contributed by atoms with Gasteiger partial charge in [-0.2, -0.15) is 0 Å². The first-order chi connectivity index (χ1) is 7.99. The van der Waals surface area contributed by atoms with Crippen molar-refractivity contribution >= 4 is 17.5 Å². The van der Waals surface area contributed by atoms with Crippen LogP contribution in [0.2, 0.25) is 0 Å². The molecule has 2 saturated carbocycles. The summed E-state index contributed by atoms with van der Waals surface area (Å²) in [4.78, 5) is 12.2. The molecule has 0 heterocycles. The highest BCUT2D eigenvalue weighted by atomic mass is 35.5. The maximum absolute atomic E-state index is 12.2. The monoisotopic (exact) mass is 257 g/mol. The molecule has 98 valence electrons. The van der Waals surface area contributed by atoms with Crippen LogP contribution in [0.15, 0.2) is 0 Å². The quantitative estimate of drug-likeness (QED) is 0.772. The molecular weight excluding hydrogens is 234 g/mol. The molecule has 0 radical (unpaired) electrons. The lowest BCUT2D eigenvalue weighted by molar-refractivity contribution is -0.127. The molecule has 2 aliphatic rings. The maximum Gasteiger partial charge on any atom is 0.223 e. The predicted molar refractivity (Wildman–Crippen MR) is 71.1 cm³/mol. The van der Waals surface area contributed by atoms with Crippen LogP contribution in [0.25, 0.3) is 0 Å². The Morgan fingerprint density at radius 1 is 1.35 bits per heavy atom. The van der Waals surface area contributed by atoms with Gasteiger partial charge in [-0.25, -0.2) is 0 Å². The van der Waals surface area contributed by atoms with Gasteiger partial charge in [-0.15, -0.1) is 11.6 Å². The highest BCUT2D eigenvalue weighted by molar-refractivity contribution is 6.20. The third kappa shape index (κ3) is 3.15. The first-order valence-electron chi connectivity index (χ1n) is 6.91. The normalized spacial score (nSPS) is 36.1. The molecule has 0 spiro atoms. The Kier molecular flexibility index (Phi) is 4.02. The van der Waals surface area contributed by atoms with E-state index in [9.17, 15) is 4.79 Å². The number of rotatable bonds is 3. The summed E-state index contributed by atoms with van der Waals surface area (Å²) in [6, 6.07) is 0. The number of amides is 1. The van der Waals surface area contributed by atoms with Gasteiger partial charge in [0.2, 0.25) is 5.91 Å². The van der Waals surface area contributed by atoms with E-state index in [-0.39, 0.29) is 17.2 Å². The summed E-state index contributed by atoms with van der Waals surface area (Å²) in [7, 11) is 0. The molecule has 2 rings (SSSR count). The minimum atomic E-state index is 0.189. The van der Waals surface area contributed by atoms with Gasteiger partial charge in [0, 0.05) is 17.8 Å². The van der Waals surface area contributed by atoms with Crippen molar-refractivity contribution in [1.82, 2.24) is 5.32 Å². The van der Waals surface area contributed by atoms with E-state index in [1.807, 2.05) is 0 Å². The summed E-state index contributed by atoms with van der Waals surface area (Å²) in [5.41, 5.74) is 0.189. The number of halogens is 1. The van der Waals surface area contributed by atoms with Crippen molar-refractivity contribution in [3.8, 4) is 0 Å². The van der Waals surface area contributed by atoms with Crippen molar-refractivity contribution in [2.75, 3.05) is 6.54 Å². The molecule has 2 nitrogen and oxygen atoms in total. The lowest BCUT2D eigenvalue weighted by Gasteiger charge is -2.26. The van der Waals surface area contributed by atoms with E-state index in [2.05, 4.69) is 19.2 Å². The lowest BCUT2D eigenvalue weighted by atomic mass is 9.81. The number of carbonyl (C=O) groups is 1. The average Bonchev–Trinajstić information content (AvgIpc) is 2.81. The van der Waals surface area contributed by atoms with Crippen LogP contribution in [0, 0.1) is 17.3 Å². The Morgan fingerprint density at radius 2 is 2.12 bits per heavy atom. The molecule has 0 aromatic carbocycles. The van der Waals surface area contributed by atoms with Crippen LogP contribution in [-0.2, 0) is 4.79 Å². The lowest BCUT2D eigenvalue weighted by Crippen LogP contribution is -2.38. The molecule has 0 aromatic heterocycles. The molecule has 3 heteroatoms. The Bertz CT molecular complexity index is 290. The first-order valence-corrected chi connectivity index (χ1v) is 7.34. The van der Waals surface area contributed by atoms with Crippen LogP contribution in [-0.4, -0.2) is 17.8 Å². The molecule has 1 N–H and O–H groups in total. The van der Waals surface area contributed by atoms with E-state index >= 15 is 0 Å². The minimum Gasteiger partial charge on any atom is -0.356 e. The fourth-order valence-corrected chi connectivity index (χ4v) is 3.76. The Balaban J connectivity index is 1.77. The molecule has 1 amide bonds. The van der Waals surface area contributed by atoms with Crippen molar-refractivity contribution < 1.29 is 4.79 Å². The fourth-order valence-electron chi connectivity index (χ4n) is 3.38. The van der Waals surface area contributed by atoms with Crippen molar-refractivity contribution in [1.29, 1.82) is 0 Å². The Morgan fingerprint density at radius 3 is 2.65 bits per heavy atom. The molecule has 17 heavy (non-hydrogen) atoms.